The minimum atomic E-state index is -0.226. The minimum absolute atomic E-state index is 0.106. The topological polar surface area (TPSA) is 79.8 Å². The fourth-order valence-electron chi connectivity index (χ4n) is 2.57. The molecule has 0 saturated heterocycles. The molecule has 0 spiro atoms. The number of nitrogens with one attached hydrogen (secondary N) is 2. The number of benzene rings is 1. The summed E-state index contributed by atoms with van der Waals surface area (Å²) in [7, 11) is 0. The molecule has 26 heavy (non-hydrogen) atoms. The third kappa shape index (κ3) is 4.63. The Morgan fingerprint density at radius 1 is 1.12 bits per heavy atom. The largest absolute Gasteiger partial charge is 0.366 e. The van der Waals surface area contributed by atoms with Crippen LogP contribution in [0, 0.1) is 6.92 Å². The van der Waals surface area contributed by atoms with Crippen LogP contribution in [0.25, 0.3) is 0 Å². The first-order valence-corrected chi connectivity index (χ1v) is 8.46. The predicted molar refractivity (Wildman–Crippen MR) is 101 cm³/mol. The molecule has 1 amide bonds. The van der Waals surface area contributed by atoms with Gasteiger partial charge in [-0.15, -0.1) is 0 Å². The van der Waals surface area contributed by atoms with Gasteiger partial charge >= 0.3 is 0 Å². The number of pyridine rings is 1. The maximum absolute atomic E-state index is 12.6. The van der Waals surface area contributed by atoms with Gasteiger partial charge < -0.3 is 10.6 Å². The number of aryl methyl sites for hydroxylation is 1. The molecule has 1 atom stereocenters. The Bertz CT molecular complexity index is 868. The number of carbonyl (C=O) groups excluding carboxylic acids is 1. The maximum atomic E-state index is 12.6. The average Bonchev–Trinajstić information content (AvgIpc) is 2.67. The lowest BCUT2D eigenvalue weighted by Crippen LogP contribution is -2.27. The molecule has 3 rings (SSSR count). The van der Waals surface area contributed by atoms with Gasteiger partial charge in [0.05, 0.1) is 6.04 Å². The Morgan fingerprint density at radius 2 is 1.92 bits per heavy atom. The molecule has 132 valence electrons. The molecular weight excluding hydrogens is 326 g/mol. The Labute approximate surface area is 152 Å². The number of hydrogen-bond donors (Lipinski definition) is 2. The van der Waals surface area contributed by atoms with Crippen LogP contribution >= 0.6 is 0 Å². The summed E-state index contributed by atoms with van der Waals surface area (Å²) >= 11 is 0. The molecule has 0 saturated carbocycles. The Kier molecular flexibility index (Phi) is 5.53. The number of amides is 1. The van der Waals surface area contributed by atoms with Gasteiger partial charge in [0.15, 0.2) is 0 Å². The van der Waals surface area contributed by atoms with Gasteiger partial charge in [0.1, 0.15) is 17.3 Å². The Hall–Kier alpha value is -3.28. The molecule has 6 nitrogen and oxygen atoms in total. The van der Waals surface area contributed by atoms with Crippen LogP contribution in [0.15, 0.2) is 60.9 Å². The number of anilines is 1. The summed E-state index contributed by atoms with van der Waals surface area (Å²) in [4.78, 5) is 25.3. The second-order valence-electron chi connectivity index (χ2n) is 6.01. The first-order valence-electron chi connectivity index (χ1n) is 8.46. The van der Waals surface area contributed by atoms with Crippen molar-refractivity contribution in [3.8, 4) is 0 Å². The second-order valence-corrected chi connectivity index (χ2v) is 6.01. The number of hydrogen-bond acceptors (Lipinski definition) is 5. The van der Waals surface area contributed by atoms with Crippen molar-refractivity contribution in [3.63, 3.8) is 0 Å². The van der Waals surface area contributed by atoms with Gasteiger partial charge in [-0.3, -0.25) is 9.78 Å². The van der Waals surface area contributed by atoms with Gasteiger partial charge in [-0.2, -0.15) is 0 Å². The maximum Gasteiger partial charge on any atom is 0.270 e. The van der Waals surface area contributed by atoms with E-state index in [0.717, 1.165) is 11.1 Å². The smallest absolute Gasteiger partial charge is 0.270 e. The van der Waals surface area contributed by atoms with Crippen LogP contribution < -0.4 is 10.6 Å². The van der Waals surface area contributed by atoms with Crippen molar-refractivity contribution < 1.29 is 4.79 Å². The fraction of sp³-hybridized carbons (Fsp3) is 0.200. The van der Waals surface area contributed by atoms with E-state index in [0.29, 0.717) is 23.9 Å². The first-order chi connectivity index (χ1) is 12.6. The van der Waals surface area contributed by atoms with Crippen LogP contribution in [0.2, 0.25) is 0 Å². The van der Waals surface area contributed by atoms with Gasteiger partial charge in [0.25, 0.3) is 5.91 Å². The van der Waals surface area contributed by atoms with Crippen molar-refractivity contribution in [1.29, 1.82) is 0 Å². The lowest BCUT2D eigenvalue weighted by atomic mass is 10.1. The molecule has 1 aromatic carbocycles. The van der Waals surface area contributed by atoms with Crippen LogP contribution in [0.3, 0.4) is 0 Å². The van der Waals surface area contributed by atoms with Crippen molar-refractivity contribution in [2.75, 3.05) is 5.32 Å². The molecule has 2 aromatic heterocycles. The lowest BCUT2D eigenvalue weighted by Gasteiger charge is -2.14. The summed E-state index contributed by atoms with van der Waals surface area (Å²) in [5, 5.41) is 6.18. The van der Waals surface area contributed by atoms with Crippen molar-refractivity contribution in [1.82, 2.24) is 20.3 Å². The molecule has 0 aliphatic rings. The highest BCUT2D eigenvalue weighted by atomic mass is 16.1. The molecule has 1 unspecified atom stereocenters. The van der Waals surface area contributed by atoms with E-state index in [-0.39, 0.29) is 11.9 Å². The number of nitrogens with zero attached hydrogens (tertiary/aromatic N) is 3. The molecule has 6 heteroatoms. The highest BCUT2D eigenvalue weighted by Crippen LogP contribution is 2.13. The first kappa shape index (κ1) is 17.5. The third-order valence-electron chi connectivity index (χ3n) is 3.91. The van der Waals surface area contributed by atoms with Gasteiger partial charge in [0, 0.05) is 25.0 Å². The fourth-order valence-corrected chi connectivity index (χ4v) is 2.57. The monoisotopic (exact) mass is 347 g/mol. The predicted octanol–water partition coefficient (Wildman–Crippen LogP) is 3.28. The summed E-state index contributed by atoms with van der Waals surface area (Å²) in [5.74, 6) is 0.925. The van der Waals surface area contributed by atoms with Crippen molar-refractivity contribution in [3.05, 3.63) is 83.6 Å². The molecule has 2 N–H and O–H groups in total. The van der Waals surface area contributed by atoms with Crippen LogP contribution in [-0.2, 0) is 6.54 Å². The molecule has 3 aromatic rings. The van der Waals surface area contributed by atoms with E-state index < -0.39 is 0 Å². The highest BCUT2D eigenvalue weighted by molar-refractivity contribution is 5.93. The van der Waals surface area contributed by atoms with E-state index in [9.17, 15) is 4.79 Å². The highest BCUT2D eigenvalue weighted by Gasteiger charge is 2.14. The molecule has 0 aliphatic heterocycles. The second kappa shape index (κ2) is 8.20. The number of carbonyl (C=O) groups is 1. The lowest BCUT2D eigenvalue weighted by molar-refractivity contribution is 0.0934. The van der Waals surface area contributed by atoms with E-state index in [2.05, 4.69) is 25.6 Å². The molecular formula is C20H21N5O. The van der Waals surface area contributed by atoms with Crippen molar-refractivity contribution >= 4 is 11.7 Å². The van der Waals surface area contributed by atoms with E-state index in [1.54, 1.807) is 25.4 Å². The number of aromatic nitrogens is 3. The molecule has 0 fully saturated rings. The molecule has 0 radical (unpaired) electrons. The van der Waals surface area contributed by atoms with Gasteiger partial charge in [-0.25, -0.2) is 9.97 Å². The van der Waals surface area contributed by atoms with Crippen molar-refractivity contribution in [2.45, 2.75) is 26.4 Å². The van der Waals surface area contributed by atoms with Gasteiger partial charge in [-0.05, 0) is 31.0 Å². The Balaban J connectivity index is 1.69. The number of rotatable bonds is 6. The van der Waals surface area contributed by atoms with Crippen LogP contribution in [0.5, 0.6) is 0 Å². The zero-order chi connectivity index (χ0) is 18.4. The van der Waals surface area contributed by atoms with E-state index in [4.69, 9.17) is 0 Å². The summed E-state index contributed by atoms with van der Waals surface area (Å²) in [5.41, 5.74) is 2.42. The zero-order valence-electron chi connectivity index (χ0n) is 14.8. The van der Waals surface area contributed by atoms with Crippen LogP contribution in [0.4, 0.5) is 5.82 Å². The van der Waals surface area contributed by atoms with E-state index >= 15 is 0 Å². The van der Waals surface area contributed by atoms with Crippen molar-refractivity contribution in [2.24, 2.45) is 0 Å². The van der Waals surface area contributed by atoms with E-state index in [1.807, 2.05) is 49.4 Å². The van der Waals surface area contributed by atoms with Crippen LogP contribution in [-0.4, -0.2) is 20.9 Å². The summed E-state index contributed by atoms with van der Waals surface area (Å²) in [6.07, 6.45) is 3.52. The van der Waals surface area contributed by atoms with Crippen LogP contribution in [0.1, 0.15) is 40.4 Å². The SMILES string of the molecule is Cc1nc(NCc2cccnc2)cc(C(=O)NC(C)c2ccccc2)n1. The summed E-state index contributed by atoms with van der Waals surface area (Å²) in [6.45, 7) is 4.29. The molecule has 0 aliphatic carbocycles. The molecule has 0 bridgehead atoms. The minimum Gasteiger partial charge on any atom is -0.366 e. The quantitative estimate of drug-likeness (QED) is 0.715. The summed E-state index contributed by atoms with van der Waals surface area (Å²) < 4.78 is 0. The summed E-state index contributed by atoms with van der Waals surface area (Å²) in [6, 6.07) is 15.2. The third-order valence-corrected chi connectivity index (χ3v) is 3.91. The van der Waals surface area contributed by atoms with Gasteiger partial charge in [-0.1, -0.05) is 36.4 Å². The standard InChI is InChI=1S/C20H21N5O/c1-14(17-8-4-3-5-9-17)23-20(26)18-11-19(25-15(2)24-18)22-13-16-7-6-10-21-12-16/h3-12,14H,13H2,1-2H3,(H,23,26)(H,22,24,25). The molecule has 2 heterocycles. The Morgan fingerprint density at radius 3 is 2.65 bits per heavy atom. The normalized spacial score (nSPS) is 11.6. The zero-order valence-corrected chi connectivity index (χ0v) is 14.8. The average molecular weight is 347 g/mol. The van der Waals surface area contributed by atoms with Gasteiger partial charge in [0.2, 0.25) is 0 Å². The van der Waals surface area contributed by atoms with E-state index in [1.165, 1.54) is 0 Å².